The average molecular weight is 314 g/mol. The Hall–Kier alpha value is -1.92. The molecule has 3 aromatic rings. The van der Waals surface area contributed by atoms with Gasteiger partial charge in [-0.2, -0.15) is 5.10 Å². The summed E-state index contributed by atoms with van der Waals surface area (Å²) in [7, 11) is 0. The monoisotopic (exact) mass is 314 g/mol. The van der Waals surface area contributed by atoms with E-state index in [1.54, 1.807) is 17.6 Å². The van der Waals surface area contributed by atoms with Gasteiger partial charge in [-0.15, -0.1) is 11.3 Å². The third kappa shape index (κ3) is 2.48. The maximum atomic E-state index is 5.57. The zero-order chi connectivity index (χ0) is 15.1. The molecular weight excluding hydrogens is 296 g/mol. The van der Waals surface area contributed by atoms with E-state index in [4.69, 9.17) is 4.42 Å². The van der Waals surface area contributed by atoms with E-state index in [0.29, 0.717) is 6.04 Å². The molecule has 0 radical (unpaired) electrons. The zero-order valence-corrected chi connectivity index (χ0v) is 13.5. The Bertz CT molecular complexity index is 768. The molecule has 0 aliphatic carbocycles. The van der Waals surface area contributed by atoms with Gasteiger partial charge in [0.05, 0.1) is 22.3 Å². The van der Waals surface area contributed by atoms with Crippen molar-refractivity contribution in [3.8, 4) is 10.8 Å². The van der Waals surface area contributed by atoms with E-state index >= 15 is 0 Å². The van der Waals surface area contributed by atoms with Crippen molar-refractivity contribution in [2.24, 2.45) is 0 Å². The highest BCUT2D eigenvalue weighted by atomic mass is 32.1. The van der Waals surface area contributed by atoms with Crippen LogP contribution in [0.4, 0.5) is 0 Å². The lowest BCUT2D eigenvalue weighted by Gasteiger charge is -2.39. The molecule has 1 aliphatic heterocycles. The molecule has 1 fully saturated rings. The Kier molecular flexibility index (Phi) is 3.35. The Morgan fingerprint density at radius 2 is 2.23 bits per heavy atom. The van der Waals surface area contributed by atoms with Gasteiger partial charge >= 0.3 is 0 Å². The molecule has 0 atom stereocenters. The van der Waals surface area contributed by atoms with Crippen LogP contribution in [0, 0.1) is 13.8 Å². The van der Waals surface area contributed by atoms with E-state index in [-0.39, 0.29) is 0 Å². The van der Waals surface area contributed by atoms with Gasteiger partial charge in [0, 0.05) is 25.3 Å². The lowest BCUT2D eigenvalue weighted by molar-refractivity contribution is 0.0880. The minimum absolute atomic E-state index is 0.484. The Morgan fingerprint density at radius 1 is 1.36 bits per heavy atom. The number of hydrogen-bond donors (Lipinski definition) is 0. The van der Waals surface area contributed by atoms with Gasteiger partial charge in [-0.1, -0.05) is 6.07 Å². The molecule has 22 heavy (non-hydrogen) atoms. The predicted octanol–water partition coefficient (Wildman–Crippen LogP) is 3.27. The summed E-state index contributed by atoms with van der Waals surface area (Å²) in [5.41, 5.74) is 3.33. The first-order valence-corrected chi connectivity index (χ1v) is 8.30. The van der Waals surface area contributed by atoms with Crippen molar-refractivity contribution >= 4 is 11.3 Å². The molecule has 5 nitrogen and oxygen atoms in total. The summed E-state index contributed by atoms with van der Waals surface area (Å²) in [6.45, 7) is 7.03. The number of hydrogen-bond acceptors (Lipinski definition) is 5. The van der Waals surface area contributed by atoms with Crippen LogP contribution >= 0.6 is 11.3 Å². The molecule has 3 aromatic heterocycles. The number of oxazole rings is 1. The normalized spacial score (nSPS) is 16.1. The number of thiophene rings is 1. The van der Waals surface area contributed by atoms with Gasteiger partial charge in [-0.25, -0.2) is 4.98 Å². The summed E-state index contributed by atoms with van der Waals surface area (Å²) in [5.74, 6) is 0.723. The number of rotatable bonds is 4. The molecule has 0 amide bonds. The highest BCUT2D eigenvalue weighted by Gasteiger charge is 2.30. The Labute approximate surface area is 133 Å². The molecule has 0 bridgehead atoms. The molecule has 6 heteroatoms. The minimum atomic E-state index is 0.484. The van der Waals surface area contributed by atoms with E-state index in [1.807, 2.05) is 24.4 Å². The van der Waals surface area contributed by atoms with Gasteiger partial charge in [0.1, 0.15) is 6.26 Å². The van der Waals surface area contributed by atoms with Crippen LogP contribution < -0.4 is 0 Å². The number of likely N-dealkylation sites (tertiary alicyclic amines) is 1. The van der Waals surface area contributed by atoms with Crippen molar-refractivity contribution in [2.45, 2.75) is 26.4 Å². The van der Waals surface area contributed by atoms with E-state index in [9.17, 15) is 0 Å². The molecule has 0 spiro atoms. The third-order valence-corrected chi connectivity index (χ3v) is 4.86. The first-order chi connectivity index (χ1) is 10.7. The van der Waals surface area contributed by atoms with E-state index in [2.05, 4.69) is 32.7 Å². The number of aromatic nitrogens is 3. The summed E-state index contributed by atoms with van der Waals surface area (Å²) >= 11 is 1.65. The third-order valence-electron chi connectivity index (χ3n) is 4.00. The van der Waals surface area contributed by atoms with Gasteiger partial charge in [-0.3, -0.25) is 9.58 Å². The Balaban J connectivity index is 1.37. The SMILES string of the molecule is Cc1cc(C)n(C2CN(Cc3coc(-c4cccs4)n3)C2)n1. The molecular formula is C16H18N4OS. The lowest BCUT2D eigenvalue weighted by atomic mass is 10.1. The van der Waals surface area contributed by atoms with Crippen LogP contribution in [-0.4, -0.2) is 32.8 Å². The average Bonchev–Trinajstić information content (AvgIpc) is 3.14. The lowest BCUT2D eigenvalue weighted by Crippen LogP contribution is -2.47. The maximum absolute atomic E-state index is 5.57. The highest BCUT2D eigenvalue weighted by molar-refractivity contribution is 7.13. The van der Waals surface area contributed by atoms with Gasteiger partial charge in [0.15, 0.2) is 0 Å². The first-order valence-electron chi connectivity index (χ1n) is 7.42. The van der Waals surface area contributed by atoms with Crippen LogP contribution in [0.2, 0.25) is 0 Å². The summed E-state index contributed by atoms with van der Waals surface area (Å²) in [5, 5.41) is 6.60. The second-order valence-electron chi connectivity index (χ2n) is 5.84. The van der Waals surface area contributed by atoms with E-state index < -0.39 is 0 Å². The largest absolute Gasteiger partial charge is 0.444 e. The summed E-state index contributed by atoms with van der Waals surface area (Å²) in [6, 6.07) is 6.66. The molecule has 0 N–H and O–H groups in total. The van der Waals surface area contributed by atoms with Crippen LogP contribution in [0.5, 0.6) is 0 Å². The molecule has 4 rings (SSSR count). The van der Waals surface area contributed by atoms with Crippen LogP contribution in [0.15, 0.2) is 34.3 Å². The second-order valence-corrected chi connectivity index (χ2v) is 6.79. The smallest absolute Gasteiger partial charge is 0.236 e. The van der Waals surface area contributed by atoms with Crippen LogP contribution in [0.3, 0.4) is 0 Å². The maximum Gasteiger partial charge on any atom is 0.236 e. The summed E-state index contributed by atoms with van der Waals surface area (Å²) in [6.07, 6.45) is 1.77. The topological polar surface area (TPSA) is 47.1 Å². The molecule has 0 unspecified atom stereocenters. The molecule has 114 valence electrons. The van der Waals surface area contributed by atoms with Crippen LogP contribution in [-0.2, 0) is 6.54 Å². The molecule has 0 saturated carbocycles. The minimum Gasteiger partial charge on any atom is -0.444 e. The van der Waals surface area contributed by atoms with Gasteiger partial charge in [-0.05, 0) is 31.4 Å². The molecule has 1 aliphatic rings. The van der Waals surface area contributed by atoms with Crippen LogP contribution in [0.25, 0.3) is 10.8 Å². The zero-order valence-electron chi connectivity index (χ0n) is 12.7. The predicted molar refractivity (Wildman–Crippen MR) is 85.8 cm³/mol. The molecule has 4 heterocycles. The number of nitrogens with zero attached hydrogens (tertiary/aromatic N) is 4. The second kappa shape index (κ2) is 5.37. The number of aryl methyl sites for hydroxylation is 2. The summed E-state index contributed by atoms with van der Waals surface area (Å²) in [4.78, 5) is 8.02. The highest BCUT2D eigenvalue weighted by Crippen LogP contribution is 2.27. The first kappa shape index (κ1) is 13.7. The van der Waals surface area contributed by atoms with Crippen molar-refractivity contribution in [1.82, 2.24) is 19.7 Å². The summed E-state index contributed by atoms with van der Waals surface area (Å²) < 4.78 is 7.71. The van der Waals surface area contributed by atoms with Crippen LogP contribution in [0.1, 0.15) is 23.1 Å². The Morgan fingerprint density at radius 3 is 2.91 bits per heavy atom. The van der Waals surface area contributed by atoms with Crippen molar-refractivity contribution in [2.75, 3.05) is 13.1 Å². The van der Waals surface area contributed by atoms with E-state index in [1.165, 1.54) is 5.69 Å². The van der Waals surface area contributed by atoms with Gasteiger partial charge < -0.3 is 4.42 Å². The van der Waals surface area contributed by atoms with Crippen molar-refractivity contribution in [1.29, 1.82) is 0 Å². The quantitative estimate of drug-likeness (QED) is 0.741. The fraction of sp³-hybridized carbons (Fsp3) is 0.375. The van der Waals surface area contributed by atoms with Crippen molar-refractivity contribution < 1.29 is 4.42 Å². The fourth-order valence-corrected chi connectivity index (χ4v) is 3.62. The van der Waals surface area contributed by atoms with E-state index in [0.717, 1.165) is 41.8 Å². The fourth-order valence-electron chi connectivity index (χ4n) is 2.96. The molecule has 0 aromatic carbocycles. The van der Waals surface area contributed by atoms with Crippen molar-refractivity contribution in [3.05, 3.63) is 46.9 Å². The van der Waals surface area contributed by atoms with Gasteiger partial charge in [0.25, 0.3) is 0 Å². The molecule has 1 saturated heterocycles. The van der Waals surface area contributed by atoms with Gasteiger partial charge in [0.2, 0.25) is 5.89 Å². The van der Waals surface area contributed by atoms with Crippen molar-refractivity contribution in [3.63, 3.8) is 0 Å². The standard InChI is InChI=1S/C16H18N4OS/c1-11-6-12(2)20(18-11)14-8-19(9-14)7-13-10-21-16(17-13)15-4-3-5-22-15/h3-6,10,14H,7-9H2,1-2H3.